The van der Waals surface area contributed by atoms with Crippen molar-refractivity contribution in [2.45, 2.75) is 71.4 Å². The number of halogens is 1. The van der Waals surface area contributed by atoms with Crippen LogP contribution in [0.3, 0.4) is 0 Å². The number of benzene rings is 2. The van der Waals surface area contributed by atoms with E-state index in [2.05, 4.69) is 31.2 Å². The second-order valence-electron chi connectivity index (χ2n) is 13.5. The van der Waals surface area contributed by atoms with Crippen molar-refractivity contribution in [3.8, 4) is 0 Å². The summed E-state index contributed by atoms with van der Waals surface area (Å²) in [5, 5.41) is 8.13. The summed E-state index contributed by atoms with van der Waals surface area (Å²) in [5.74, 6) is -0.138. The Morgan fingerprint density at radius 2 is 1.65 bits per heavy atom. The molecule has 8 nitrogen and oxygen atoms in total. The predicted molar refractivity (Wildman–Crippen MR) is 166 cm³/mol. The van der Waals surface area contributed by atoms with Gasteiger partial charge in [-0.15, -0.1) is 0 Å². The van der Waals surface area contributed by atoms with Crippen LogP contribution in [-0.4, -0.2) is 63.5 Å². The Hall–Kier alpha value is -3.65. The van der Waals surface area contributed by atoms with Gasteiger partial charge in [-0.3, -0.25) is 19.1 Å². The number of likely N-dealkylation sites (tertiary alicyclic amines) is 2. The summed E-state index contributed by atoms with van der Waals surface area (Å²) in [6.45, 7) is 10.9. The van der Waals surface area contributed by atoms with E-state index < -0.39 is 0 Å². The van der Waals surface area contributed by atoms with E-state index in [-0.39, 0.29) is 34.7 Å². The molecule has 1 atom stereocenters. The Kier molecular flexibility index (Phi) is 7.61. The van der Waals surface area contributed by atoms with Crippen LogP contribution in [0.2, 0.25) is 5.02 Å². The van der Waals surface area contributed by atoms with Crippen molar-refractivity contribution in [2.75, 3.05) is 26.2 Å². The van der Waals surface area contributed by atoms with E-state index in [9.17, 15) is 14.4 Å². The van der Waals surface area contributed by atoms with E-state index in [0.717, 1.165) is 43.4 Å². The topological polar surface area (TPSA) is 87.5 Å². The number of hydrogen-bond acceptors (Lipinski definition) is 4. The average molecular weight is 602 g/mol. The van der Waals surface area contributed by atoms with Crippen LogP contribution in [0.4, 0.5) is 0 Å². The fourth-order valence-electron chi connectivity index (χ4n) is 6.98. The highest BCUT2D eigenvalue weighted by atomic mass is 35.5. The molecule has 6 rings (SSSR count). The molecule has 1 aromatic heterocycles. The average Bonchev–Trinajstić information content (AvgIpc) is 3.70. The number of amides is 3. The summed E-state index contributed by atoms with van der Waals surface area (Å²) in [6.07, 6.45) is 4.36. The SMILES string of the molecule is Cc1cc(C(=O)N2CCC3(CCN(C(=O)c4ccc5c(c4)C(NC(=O)c4ccccc4Cl)CC5)C3)CC2)n(C(C)(C)C)n1. The van der Waals surface area contributed by atoms with Crippen LogP contribution >= 0.6 is 11.6 Å². The van der Waals surface area contributed by atoms with Gasteiger partial charge in [0.25, 0.3) is 17.7 Å². The largest absolute Gasteiger partial charge is 0.345 e. The molecule has 0 bridgehead atoms. The fourth-order valence-corrected chi connectivity index (χ4v) is 7.20. The first-order valence-electron chi connectivity index (χ1n) is 15.3. The molecule has 226 valence electrons. The van der Waals surface area contributed by atoms with Gasteiger partial charge in [0, 0.05) is 31.7 Å². The molecule has 0 radical (unpaired) electrons. The van der Waals surface area contributed by atoms with Gasteiger partial charge in [0.1, 0.15) is 5.69 Å². The molecule has 2 aromatic carbocycles. The van der Waals surface area contributed by atoms with Gasteiger partial charge in [0.15, 0.2) is 0 Å². The Balaban J connectivity index is 1.10. The van der Waals surface area contributed by atoms with Crippen molar-refractivity contribution < 1.29 is 14.4 Å². The van der Waals surface area contributed by atoms with Gasteiger partial charge in [0.05, 0.1) is 27.9 Å². The molecule has 1 spiro atoms. The number of fused-ring (bicyclic) bond motifs is 1. The maximum absolute atomic E-state index is 13.7. The van der Waals surface area contributed by atoms with E-state index in [0.29, 0.717) is 48.0 Å². The predicted octanol–water partition coefficient (Wildman–Crippen LogP) is 5.79. The molecular formula is C34H40ClN5O3. The van der Waals surface area contributed by atoms with E-state index in [4.69, 9.17) is 11.6 Å². The summed E-state index contributed by atoms with van der Waals surface area (Å²) in [7, 11) is 0. The normalized spacial score (nSPS) is 19.5. The highest BCUT2D eigenvalue weighted by Crippen LogP contribution is 2.41. The number of nitrogens with one attached hydrogen (secondary N) is 1. The van der Waals surface area contributed by atoms with Gasteiger partial charge in [-0.25, -0.2) is 0 Å². The van der Waals surface area contributed by atoms with E-state index >= 15 is 0 Å². The number of carbonyl (C=O) groups excluding carboxylic acids is 3. The van der Waals surface area contributed by atoms with Crippen LogP contribution in [0, 0.1) is 12.3 Å². The van der Waals surface area contributed by atoms with Gasteiger partial charge >= 0.3 is 0 Å². The zero-order valence-electron chi connectivity index (χ0n) is 25.5. The summed E-state index contributed by atoms with van der Waals surface area (Å²) in [6, 6.07) is 14.7. The highest BCUT2D eigenvalue weighted by molar-refractivity contribution is 6.33. The van der Waals surface area contributed by atoms with Crippen LogP contribution in [0.15, 0.2) is 48.5 Å². The van der Waals surface area contributed by atoms with Crippen molar-refractivity contribution in [2.24, 2.45) is 5.41 Å². The minimum Gasteiger partial charge on any atom is -0.345 e. The smallest absolute Gasteiger partial charge is 0.272 e. The first-order chi connectivity index (χ1) is 20.4. The molecule has 2 fully saturated rings. The number of hydrogen-bond donors (Lipinski definition) is 1. The number of aryl methyl sites for hydroxylation is 2. The monoisotopic (exact) mass is 601 g/mol. The molecule has 2 saturated heterocycles. The number of nitrogens with zero attached hydrogens (tertiary/aromatic N) is 4. The minimum absolute atomic E-state index is 0.0330. The number of rotatable bonds is 4. The summed E-state index contributed by atoms with van der Waals surface area (Å²) in [4.78, 5) is 44.1. The molecule has 1 unspecified atom stereocenters. The third-order valence-electron chi connectivity index (χ3n) is 9.42. The van der Waals surface area contributed by atoms with Crippen LogP contribution in [0.1, 0.15) is 101 Å². The van der Waals surface area contributed by atoms with E-state index in [1.165, 1.54) is 5.56 Å². The molecule has 9 heteroatoms. The zero-order valence-corrected chi connectivity index (χ0v) is 26.2. The Bertz CT molecular complexity index is 1580. The molecule has 3 aromatic rings. The van der Waals surface area contributed by atoms with Gasteiger partial charge in [0.2, 0.25) is 0 Å². The van der Waals surface area contributed by atoms with Crippen molar-refractivity contribution >= 4 is 29.3 Å². The Morgan fingerprint density at radius 1 is 0.953 bits per heavy atom. The summed E-state index contributed by atoms with van der Waals surface area (Å²) < 4.78 is 1.84. The molecule has 2 aliphatic heterocycles. The van der Waals surface area contributed by atoms with Crippen molar-refractivity contribution in [1.82, 2.24) is 24.9 Å². The van der Waals surface area contributed by atoms with Gasteiger partial charge in [-0.2, -0.15) is 5.10 Å². The molecular weight excluding hydrogens is 562 g/mol. The third kappa shape index (κ3) is 5.69. The third-order valence-corrected chi connectivity index (χ3v) is 9.75. The molecule has 0 saturated carbocycles. The molecule has 3 amide bonds. The lowest BCUT2D eigenvalue weighted by Crippen LogP contribution is -2.45. The standard InChI is InChI=1S/C34H40ClN5O3/c1-22-19-29(40(37-22)33(2,3)4)32(43)38-16-13-34(14-17-38)15-18-39(21-34)31(42)24-10-9-23-11-12-28(26(23)20-24)36-30(41)25-7-5-6-8-27(25)35/h5-10,19-20,28H,11-18,21H2,1-4H3,(H,36,41). The van der Waals surface area contributed by atoms with E-state index in [1.54, 1.807) is 24.3 Å². The molecule has 1 N–H and O–H groups in total. The molecule has 3 heterocycles. The number of piperidine rings is 1. The maximum atomic E-state index is 13.7. The quantitative estimate of drug-likeness (QED) is 0.410. The lowest BCUT2D eigenvalue weighted by Gasteiger charge is -2.39. The summed E-state index contributed by atoms with van der Waals surface area (Å²) in [5.41, 5.74) is 4.54. The lowest BCUT2D eigenvalue weighted by molar-refractivity contribution is 0.0549. The lowest BCUT2D eigenvalue weighted by atomic mass is 9.77. The fraction of sp³-hybridized carbons (Fsp3) is 0.471. The van der Waals surface area contributed by atoms with Crippen LogP contribution in [0.25, 0.3) is 0 Å². The van der Waals surface area contributed by atoms with Gasteiger partial charge in [-0.05, 0) is 107 Å². The van der Waals surface area contributed by atoms with E-state index in [1.807, 2.05) is 45.7 Å². The maximum Gasteiger partial charge on any atom is 0.272 e. The van der Waals surface area contributed by atoms with Crippen LogP contribution < -0.4 is 5.32 Å². The van der Waals surface area contributed by atoms with Gasteiger partial charge < -0.3 is 15.1 Å². The second kappa shape index (κ2) is 11.1. The molecule has 3 aliphatic rings. The second-order valence-corrected chi connectivity index (χ2v) is 13.9. The van der Waals surface area contributed by atoms with Crippen molar-refractivity contribution in [3.63, 3.8) is 0 Å². The van der Waals surface area contributed by atoms with Crippen molar-refractivity contribution in [3.05, 3.63) is 87.2 Å². The first-order valence-corrected chi connectivity index (χ1v) is 15.7. The van der Waals surface area contributed by atoms with Crippen LogP contribution in [0.5, 0.6) is 0 Å². The molecule has 43 heavy (non-hydrogen) atoms. The number of carbonyl (C=O) groups is 3. The summed E-state index contributed by atoms with van der Waals surface area (Å²) >= 11 is 6.25. The Labute approximate surface area is 258 Å². The van der Waals surface area contributed by atoms with Gasteiger partial charge in [-0.1, -0.05) is 29.8 Å². The first kappa shape index (κ1) is 29.4. The number of aromatic nitrogens is 2. The highest BCUT2D eigenvalue weighted by Gasteiger charge is 2.43. The zero-order chi connectivity index (χ0) is 30.5. The minimum atomic E-state index is -0.276. The molecule has 1 aliphatic carbocycles. The van der Waals surface area contributed by atoms with Crippen molar-refractivity contribution in [1.29, 1.82) is 0 Å². The van der Waals surface area contributed by atoms with Crippen LogP contribution in [-0.2, 0) is 12.0 Å². The Morgan fingerprint density at radius 3 is 2.35 bits per heavy atom.